The van der Waals surface area contributed by atoms with Crippen LogP contribution in [0.4, 0.5) is 0 Å². The summed E-state index contributed by atoms with van der Waals surface area (Å²) in [7, 11) is 1.82. The van der Waals surface area contributed by atoms with Gasteiger partial charge in [-0.05, 0) is 44.9 Å². The number of aliphatic hydroxyl groups is 1. The molecular formula is C18H34N4O. The lowest BCUT2D eigenvalue weighted by atomic mass is 9.80. The molecule has 0 aromatic carbocycles. The lowest BCUT2D eigenvalue weighted by Gasteiger charge is -2.40. The monoisotopic (exact) mass is 322 g/mol. The minimum atomic E-state index is -0.498. The van der Waals surface area contributed by atoms with Gasteiger partial charge in [0.25, 0.3) is 0 Å². The van der Waals surface area contributed by atoms with Crippen molar-refractivity contribution in [1.82, 2.24) is 15.5 Å². The van der Waals surface area contributed by atoms with Crippen molar-refractivity contribution in [2.75, 3.05) is 26.7 Å². The summed E-state index contributed by atoms with van der Waals surface area (Å²) in [5, 5.41) is 17.0. The van der Waals surface area contributed by atoms with E-state index < -0.39 is 5.60 Å². The molecule has 0 aromatic heterocycles. The standard InChI is InChI=1S/C18H34N4O/c1-19-17(20-14-18(23)10-5-11-18)21-15-8-12-22(13-9-15)16-6-3-2-4-7-16/h15-16,23H,2-14H2,1H3,(H2,19,20,21). The average molecular weight is 322 g/mol. The summed E-state index contributed by atoms with van der Waals surface area (Å²) in [6.45, 7) is 3.04. The van der Waals surface area contributed by atoms with Crippen LogP contribution < -0.4 is 10.6 Å². The molecule has 0 spiro atoms. The van der Waals surface area contributed by atoms with Gasteiger partial charge in [0.05, 0.1) is 5.60 Å². The fraction of sp³-hybridized carbons (Fsp3) is 0.944. The summed E-state index contributed by atoms with van der Waals surface area (Å²) in [4.78, 5) is 7.04. The summed E-state index contributed by atoms with van der Waals surface area (Å²) in [5.74, 6) is 0.849. The molecule has 1 saturated heterocycles. The Balaban J connectivity index is 1.38. The van der Waals surface area contributed by atoms with Crippen molar-refractivity contribution in [1.29, 1.82) is 0 Å². The molecule has 5 heteroatoms. The third-order valence-electron chi connectivity index (χ3n) is 6.05. The molecular weight excluding hydrogens is 288 g/mol. The lowest BCUT2D eigenvalue weighted by molar-refractivity contribution is -0.0279. The maximum absolute atomic E-state index is 10.2. The van der Waals surface area contributed by atoms with E-state index in [4.69, 9.17) is 0 Å². The second kappa shape index (κ2) is 7.84. The van der Waals surface area contributed by atoms with Crippen LogP contribution in [0.1, 0.15) is 64.2 Å². The van der Waals surface area contributed by atoms with E-state index in [-0.39, 0.29) is 0 Å². The molecule has 0 radical (unpaired) electrons. The minimum absolute atomic E-state index is 0.498. The van der Waals surface area contributed by atoms with Crippen LogP contribution >= 0.6 is 0 Å². The van der Waals surface area contributed by atoms with E-state index in [0.29, 0.717) is 12.6 Å². The number of nitrogens with zero attached hydrogens (tertiary/aromatic N) is 2. The van der Waals surface area contributed by atoms with Crippen molar-refractivity contribution in [3.63, 3.8) is 0 Å². The summed E-state index contributed by atoms with van der Waals surface area (Å²) in [5.41, 5.74) is -0.498. The Bertz CT molecular complexity index is 394. The maximum atomic E-state index is 10.2. The van der Waals surface area contributed by atoms with E-state index in [9.17, 15) is 5.11 Å². The summed E-state index contributed by atoms with van der Waals surface area (Å²) in [6, 6.07) is 1.35. The van der Waals surface area contributed by atoms with Crippen molar-refractivity contribution in [3.05, 3.63) is 0 Å². The molecule has 3 rings (SSSR count). The summed E-state index contributed by atoms with van der Waals surface area (Å²) >= 11 is 0. The first-order valence-corrected chi connectivity index (χ1v) is 9.62. The number of aliphatic imine (C=N–C) groups is 1. The molecule has 1 aliphatic heterocycles. The third-order valence-corrected chi connectivity index (χ3v) is 6.05. The average Bonchev–Trinajstić information content (AvgIpc) is 2.58. The van der Waals surface area contributed by atoms with Crippen molar-refractivity contribution in [3.8, 4) is 0 Å². The molecule has 0 aromatic rings. The van der Waals surface area contributed by atoms with Crippen molar-refractivity contribution < 1.29 is 5.11 Å². The van der Waals surface area contributed by atoms with Crippen LogP contribution in [0.3, 0.4) is 0 Å². The zero-order valence-corrected chi connectivity index (χ0v) is 14.7. The molecule has 0 amide bonds. The van der Waals surface area contributed by atoms with Crippen LogP contribution in [0.2, 0.25) is 0 Å². The van der Waals surface area contributed by atoms with Crippen LogP contribution in [0.5, 0.6) is 0 Å². The zero-order valence-electron chi connectivity index (χ0n) is 14.7. The van der Waals surface area contributed by atoms with E-state index in [0.717, 1.165) is 31.3 Å². The SMILES string of the molecule is CN=C(NCC1(O)CCC1)NC1CCN(C2CCCCC2)CC1. The van der Waals surface area contributed by atoms with Crippen molar-refractivity contribution in [2.45, 2.75) is 81.9 Å². The lowest BCUT2D eigenvalue weighted by Crippen LogP contribution is -2.54. The molecule has 3 N–H and O–H groups in total. The van der Waals surface area contributed by atoms with Gasteiger partial charge in [0.2, 0.25) is 0 Å². The van der Waals surface area contributed by atoms with Crippen LogP contribution in [-0.2, 0) is 0 Å². The molecule has 2 saturated carbocycles. The van der Waals surface area contributed by atoms with E-state index in [1.54, 1.807) is 0 Å². The van der Waals surface area contributed by atoms with Crippen LogP contribution in [-0.4, -0.2) is 60.3 Å². The van der Waals surface area contributed by atoms with Crippen molar-refractivity contribution >= 4 is 5.96 Å². The number of piperidine rings is 1. The Labute approximate surface area is 140 Å². The molecule has 0 unspecified atom stereocenters. The van der Waals surface area contributed by atoms with E-state index in [1.165, 1.54) is 58.0 Å². The normalized spacial score (nSPS) is 27.5. The van der Waals surface area contributed by atoms with Crippen LogP contribution in [0, 0.1) is 0 Å². The van der Waals surface area contributed by atoms with E-state index in [1.807, 2.05) is 7.05 Å². The first kappa shape index (κ1) is 17.0. The van der Waals surface area contributed by atoms with Gasteiger partial charge in [-0.15, -0.1) is 0 Å². The number of likely N-dealkylation sites (tertiary alicyclic amines) is 1. The Kier molecular flexibility index (Phi) is 5.81. The molecule has 1 heterocycles. The number of hydrogen-bond donors (Lipinski definition) is 3. The Morgan fingerprint density at radius 3 is 2.35 bits per heavy atom. The number of nitrogens with one attached hydrogen (secondary N) is 2. The Hall–Kier alpha value is -0.810. The summed E-state index contributed by atoms with van der Waals surface area (Å²) in [6.07, 6.45) is 12.4. The smallest absolute Gasteiger partial charge is 0.191 e. The van der Waals surface area contributed by atoms with Gasteiger partial charge in [-0.3, -0.25) is 4.99 Å². The predicted octanol–water partition coefficient (Wildman–Crippen LogP) is 1.86. The molecule has 0 atom stereocenters. The highest BCUT2D eigenvalue weighted by Crippen LogP contribution is 2.30. The first-order chi connectivity index (χ1) is 11.2. The Morgan fingerprint density at radius 2 is 1.78 bits per heavy atom. The molecule has 23 heavy (non-hydrogen) atoms. The molecule has 3 fully saturated rings. The molecule has 0 bridgehead atoms. The predicted molar refractivity (Wildman–Crippen MR) is 94.8 cm³/mol. The van der Waals surface area contributed by atoms with Gasteiger partial charge < -0.3 is 20.6 Å². The highest BCUT2D eigenvalue weighted by molar-refractivity contribution is 5.80. The topological polar surface area (TPSA) is 59.9 Å². The van der Waals surface area contributed by atoms with Gasteiger partial charge in [0.15, 0.2) is 5.96 Å². The van der Waals surface area contributed by atoms with Gasteiger partial charge in [-0.1, -0.05) is 19.3 Å². The largest absolute Gasteiger partial charge is 0.388 e. The van der Waals surface area contributed by atoms with Crippen LogP contribution in [0.15, 0.2) is 4.99 Å². The molecule has 3 aliphatic rings. The molecule has 132 valence electrons. The maximum Gasteiger partial charge on any atom is 0.191 e. The zero-order chi connectivity index (χ0) is 16.1. The molecule has 2 aliphatic carbocycles. The first-order valence-electron chi connectivity index (χ1n) is 9.62. The van der Waals surface area contributed by atoms with Gasteiger partial charge in [0.1, 0.15) is 0 Å². The Morgan fingerprint density at radius 1 is 1.09 bits per heavy atom. The second-order valence-corrected chi connectivity index (χ2v) is 7.75. The van der Waals surface area contributed by atoms with Crippen LogP contribution in [0.25, 0.3) is 0 Å². The fourth-order valence-electron chi connectivity index (χ4n) is 4.25. The van der Waals surface area contributed by atoms with E-state index >= 15 is 0 Å². The third kappa shape index (κ3) is 4.60. The number of rotatable bonds is 4. The second-order valence-electron chi connectivity index (χ2n) is 7.75. The van der Waals surface area contributed by atoms with Gasteiger partial charge >= 0.3 is 0 Å². The van der Waals surface area contributed by atoms with Gasteiger partial charge in [-0.25, -0.2) is 0 Å². The number of guanidine groups is 1. The van der Waals surface area contributed by atoms with Gasteiger partial charge in [-0.2, -0.15) is 0 Å². The van der Waals surface area contributed by atoms with E-state index in [2.05, 4.69) is 20.5 Å². The quantitative estimate of drug-likeness (QED) is 0.546. The van der Waals surface area contributed by atoms with Gasteiger partial charge in [0, 0.05) is 38.8 Å². The minimum Gasteiger partial charge on any atom is -0.388 e. The molecule has 5 nitrogen and oxygen atoms in total. The fourth-order valence-corrected chi connectivity index (χ4v) is 4.25. The highest BCUT2D eigenvalue weighted by atomic mass is 16.3. The highest BCUT2D eigenvalue weighted by Gasteiger charge is 2.34. The summed E-state index contributed by atoms with van der Waals surface area (Å²) < 4.78 is 0. The number of hydrogen-bond acceptors (Lipinski definition) is 3. The van der Waals surface area contributed by atoms with Crippen molar-refractivity contribution in [2.24, 2.45) is 4.99 Å².